The van der Waals surface area contributed by atoms with Crippen molar-refractivity contribution in [2.24, 2.45) is 5.92 Å². The quantitative estimate of drug-likeness (QED) is 0.355. The molecule has 3 atom stereocenters. The molecule has 2 amide bonds. The van der Waals surface area contributed by atoms with E-state index in [2.05, 4.69) is 0 Å². The second-order valence-electron chi connectivity index (χ2n) is 10.7. The van der Waals surface area contributed by atoms with Gasteiger partial charge in [-0.3, -0.25) is 19.3 Å². The zero-order valence-corrected chi connectivity index (χ0v) is 20.7. The minimum absolute atomic E-state index is 0.00535. The Labute approximate surface area is 200 Å². The van der Waals surface area contributed by atoms with Crippen LogP contribution in [-0.2, 0) is 35.2 Å². The van der Waals surface area contributed by atoms with E-state index in [1.54, 1.807) is 41.5 Å². The smallest absolute Gasteiger partial charge is 0.411 e. The van der Waals surface area contributed by atoms with E-state index in [1.807, 2.05) is 30.3 Å². The van der Waals surface area contributed by atoms with Crippen LogP contribution in [0, 0.1) is 5.92 Å². The number of benzene rings is 1. The van der Waals surface area contributed by atoms with E-state index >= 15 is 0 Å². The number of esters is 2. The summed E-state index contributed by atoms with van der Waals surface area (Å²) < 4.78 is 16.2. The number of amides is 2. The van der Waals surface area contributed by atoms with Gasteiger partial charge in [0.25, 0.3) is 0 Å². The Kier molecular flexibility index (Phi) is 7.24. The third-order valence-corrected chi connectivity index (χ3v) is 5.49. The average molecular weight is 475 g/mol. The van der Waals surface area contributed by atoms with Crippen molar-refractivity contribution in [3.63, 3.8) is 0 Å². The molecule has 0 unspecified atom stereocenters. The fourth-order valence-corrected chi connectivity index (χ4v) is 4.26. The number of carbonyl (C=O) groups excluding carboxylic acids is 4. The molecule has 2 aliphatic rings. The molecule has 186 valence electrons. The first-order valence-electron chi connectivity index (χ1n) is 11.5. The van der Waals surface area contributed by atoms with Gasteiger partial charge in [0.2, 0.25) is 5.91 Å². The van der Waals surface area contributed by atoms with Crippen molar-refractivity contribution in [1.29, 1.82) is 0 Å². The number of likely N-dealkylation sites (tertiary alicyclic amines) is 2. The minimum atomic E-state index is -0.774. The molecule has 0 spiro atoms. The lowest BCUT2D eigenvalue weighted by Crippen LogP contribution is -2.69. The van der Waals surface area contributed by atoms with Crippen LogP contribution in [0.3, 0.4) is 0 Å². The molecule has 1 aromatic rings. The summed E-state index contributed by atoms with van der Waals surface area (Å²) in [6.45, 7) is 10.5. The van der Waals surface area contributed by atoms with Crippen LogP contribution in [0.25, 0.3) is 0 Å². The van der Waals surface area contributed by atoms with Gasteiger partial charge in [-0.2, -0.15) is 0 Å². The second kappa shape index (κ2) is 9.64. The number of carbonyl (C=O) groups is 4. The Morgan fingerprint density at radius 3 is 2.15 bits per heavy atom. The van der Waals surface area contributed by atoms with Gasteiger partial charge in [0, 0.05) is 12.5 Å². The maximum absolute atomic E-state index is 12.9. The molecule has 2 saturated heterocycles. The number of nitrogens with zero attached hydrogens (tertiary/aromatic N) is 2. The molecule has 1 aromatic carbocycles. The van der Waals surface area contributed by atoms with Crippen LogP contribution in [0.4, 0.5) is 4.79 Å². The third-order valence-electron chi connectivity index (χ3n) is 5.49. The Morgan fingerprint density at radius 2 is 1.56 bits per heavy atom. The summed E-state index contributed by atoms with van der Waals surface area (Å²) in [5, 5.41) is 0. The van der Waals surface area contributed by atoms with Crippen molar-refractivity contribution in [2.45, 2.75) is 77.9 Å². The van der Waals surface area contributed by atoms with Gasteiger partial charge in [-0.1, -0.05) is 30.3 Å². The highest BCUT2D eigenvalue weighted by Crippen LogP contribution is 2.40. The largest absolute Gasteiger partial charge is 0.461 e. The molecule has 0 N–H and O–H groups in total. The molecule has 0 bridgehead atoms. The monoisotopic (exact) mass is 474 g/mol. The highest BCUT2D eigenvalue weighted by atomic mass is 16.6. The van der Waals surface area contributed by atoms with Crippen molar-refractivity contribution >= 4 is 23.9 Å². The Bertz CT molecular complexity index is 933. The fraction of sp³-hybridized carbons (Fsp3) is 0.600. The Morgan fingerprint density at radius 1 is 0.941 bits per heavy atom. The second-order valence-corrected chi connectivity index (χ2v) is 10.7. The molecular formula is C25H34N2O7. The number of fused-ring (bicyclic) bond motifs is 1. The first-order valence-corrected chi connectivity index (χ1v) is 11.5. The van der Waals surface area contributed by atoms with E-state index in [0.717, 1.165) is 5.56 Å². The van der Waals surface area contributed by atoms with Gasteiger partial charge >= 0.3 is 18.0 Å². The van der Waals surface area contributed by atoms with Crippen LogP contribution < -0.4 is 0 Å². The van der Waals surface area contributed by atoms with Crippen LogP contribution >= 0.6 is 0 Å². The standard InChI is InChI=1S/C25H34N2O7/c1-24(2,3)33-19(29)14-26-20-17(12-18(28)32-15-16-10-8-7-9-11-16)13-27(21(20)22(26)30)23(31)34-25(4,5)6/h7-11,17,20-21H,12-15H2,1-6H3/t17-,20-,21+/m1/s1. The SMILES string of the molecule is CC(C)(C)OC(=O)CN1C(=O)[C@@H]2[C@H]1[C@H](CC(=O)OCc1ccccc1)CN2C(=O)OC(C)(C)C. The lowest BCUT2D eigenvalue weighted by atomic mass is 9.86. The molecule has 0 saturated carbocycles. The van der Waals surface area contributed by atoms with Crippen molar-refractivity contribution in [2.75, 3.05) is 13.1 Å². The van der Waals surface area contributed by atoms with E-state index in [-0.39, 0.29) is 37.9 Å². The van der Waals surface area contributed by atoms with Crippen LogP contribution in [0.5, 0.6) is 0 Å². The predicted molar refractivity (Wildman–Crippen MR) is 122 cm³/mol. The van der Waals surface area contributed by atoms with Gasteiger partial charge in [0.05, 0.1) is 12.5 Å². The highest BCUT2D eigenvalue weighted by molar-refractivity contribution is 5.96. The topological polar surface area (TPSA) is 102 Å². The average Bonchev–Trinajstić information content (AvgIpc) is 3.04. The summed E-state index contributed by atoms with van der Waals surface area (Å²) >= 11 is 0. The normalized spacial score (nSPS) is 22.1. The van der Waals surface area contributed by atoms with Crippen molar-refractivity contribution in [1.82, 2.24) is 9.80 Å². The number of β-lactam (4-membered cyclic amide) rings is 1. The van der Waals surface area contributed by atoms with E-state index < -0.39 is 41.3 Å². The molecule has 0 aliphatic carbocycles. The summed E-state index contributed by atoms with van der Waals surface area (Å²) in [7, 11) is 0. The fourth-order valence-electron chi connectivity index (χ4n) is 4.26. The number of rotatable bonds is 6. The lowest BCUT2D eigenvalue weighted by Gasteiger charge is -2.46. The Balaban J connectivity index is 1.71. The molecule has 34 heavy (non-hydrogen) atoms. The van der Waals surface area contributed by atoms with Gasteiger partial charge in [0.1, 0.15) is 30.4 Å². The van der Waals surface area contributed by atoms with E-state index in [9.17, 15) is 19.2 Å². The predicted octanol–water partition coefficient (Wildman–Crippen LogP) is 2.91. The number of hydrogen-bond acceptors (Lipinski definition) is 7. The van der Waals surface area contributed by atoms with Crippen LogP contribution in [0.1, 0.15) is 53.5 Å². The lowest BCUT2D eigenvalue weighted by molar-refractivity contribution is -0.169. The summed E-state index contributed by atoms with van der Waals surface area (Å²) in [4.78, 5) is 53.4. The summed E-state index contributed by atoms with van der Waals surface area (Å²) in [6, 6.07) is 8.05. The van der Waals surface area contributed by atoms with Crippen LogP contribution in [0.2, 0.25) is 0 Å². The van der Waals surface area contributed by atoms with Gasteiger partial charge < -0.3 is 19.1 Å². The van der Waals surface area contributed by atoms with Gasteiger partial charge in [0.15, 0.2) is 0 Å². The molecule has 2 aliphatic heterocycles. The molecule has 0 radical (unpaired) electrons. The summed E-state index contributed by atoms with van der Waals surface area (Å²) in [6.07, 6.45) is -0.612. The molecule has 2 heterocycles. The molecule has 9 heteroatoms. The maximum Gasteiger partial charge on any atom is 0.411 e. The van der Waals surface area contributed by atoms with Crippen LogP contribution in [0.15, 0.2) is 30.3 Å². The van der Waals surface area contributed by atoms with Gasteiger partial charge in [-0.05, 0) is 47.1 Å². The van der Waals surface area contributed by atoms with Crippen molar-refractivity contribution in [3.05, 3.63) is 35.9 Å². The molecule has 9 nitrogen and oxygen atoms in total. The Hall–Kier alpha value is -3.10. The first-order chi connectivity index (χ1) is 15.7. The highest BCUT2D eigenvalue weighted by Gasteiger charge is 2.61. The zero-order chi connectivity index (χ0) is 25.3. The molecule has 0 aromatic heterocycles. The minimum Gasteiger partial charge on any atom is -0.461 e. The molecule has 2 fully saturated rings. The van der Waals surface area contributed by atoms with Crippen molar-refractivity contribution < 1.29 is 33.4 Å². The van der Waals surface area contributed by atoms with E-state index in [1.165, 1.54) is 9.80 Å². The van der Waals surface area contributed by atoms with Crippen LogP contribution in [-0.4, -0.2) is 70.1 Å². The van der Waals surface area contributed by atoms with Gasteiger partial charge in [-0.25, -0.2) is 4.79 Å². The first kappa shape index (κ1) is 25.5. The van der Waals surface area contributed by atoms with E-state index in [4.69, 9.17) is 14.2 Å². The van der Waals surface area contributed by atoms with Crippen molar-refractivity contribution in [3.8, 4) is 0 Å². The molecule has 3 rings (SSSR count). The number of hydrogen-bond donors (Lipinski definition) is 0. The molecular weight excluding hydrogens is 440 g/mol. The summed E-state index contributed by atoms with van der Waals surface area (Å²) in [5.41, 5.74) is -0.563. The third kappa shape index (κ3) is 6.27. The van der Waals surface area contributed by atoms with E-state index in [0.29, 0.717) is 0 Å². The summed E-state index contributed by atoms with van der Waals surface area (Å²) in [5.74, 6) is -1.72. The zero-order valence-electron chi connectivity index (χ0n) is 20.7. The maximum atomic E-state index is 12.9. The van der Waals surface area contributed by atoms with Gasteiger partial charge in [-0.15, -0.1) is 0 Å². The number of ether oxygens (including phenoxy) is 3.